The van der Waals surface area contributed by atoms with Gasteiger partial charge in [-0.3, -0.25) is 4.79 Å². The Morgan fingerprint density at radius 1 is 1.29 bits per heavy atom. The third-order valence-corrected chi connectivity index (χ3v) is 4.84. The molecule has 1 heterocycles. The molecule has 0 fully saturated rings. The molecular weight excluding hydrogens is 312 g/mol. The van der Waals surface area contributed by atoms with Gasteiger partial charge in [-0.05, 0) is 24.1 Å². The van der Waals surface area contributed by atoms with Crippen molar-refractivity contribution >= 4 is 27.3 Å². The fraction of sp³-hybridized carbons (Fsp3) is 0.231. The molecule has 0 aliphatic rings. The molecule has 2 N–H and O–H groups in total. The molecule has 1 aromatic heterocycles. The number of carboxylic acids is 1. The lowest BCUT2D eigenvalue weighted by atomic mass is 10.1. The van der Waals surface area contributed by atoms with Gasteiger partial charge in [0.1, 0.15) is 0 Å². The van der Waals surface area contributed by atoms with Crippen molar-refractivity contribution < 1.29 is 18.3 Å². The molecule has 8 heteroatoms. The number of aromatic nitrogens is 1. The van der Waals surface area contributed by atoms with Gasteiger partial charge in [-0.2, -0.15) is 0 Å². The van der Waals surface area contributed by atoms with Crippen LogP contribution in [0.25, 0.3) is 0 Å². The van der Waals surface area contributed by atoms with E-state index in [1.807, 2.05) is 0 Å². The number of carbonyl (C=O) groups is 1. The van der Waals surface area contributed by atoms with Crippen molar-refractivity contribution in [3.8, 4) is 0 Å². The summed E-state index contributed by atoms with van der Waals surface area (Å²) in [5.74, 6) is -0.878. The molecule has 0 spiro atoms. The van der Waals surface area contributed by atoms with E-state index in [0.717, 1.165) is 5.56 Å². The van der Waals surface area contributed by atoms with Crippen LogP contribution in [0.3, 0.4) is 0 Å². The fourth-order valence-corrected chi connectivity index (χ4v) is 3.22. The first-order chi connectivity index (χ1) is 9.97. The SMILES string of the molecule is O=C(O)CCc1ccc(S(=O)(=O)NCc2cscn2)cc1. The summed E-state index contributed by atoms with van der Waals surface area (Å²) < 4.78 is 26.6. The number of hydrogen-bond donors (Lipinski definition) is 2. The molecule has 0 unspecified atom stereocenters. The van der Waals surface area contributed by atoms with E-state index < -0.39 is 16.0 Å². The number of carboxylic acid groups (broad SMARTS) is 1. The molecule has 0 saturated carbocycles. The van der Waals surface area contributed by atoms with Gasteiger partial charge in [0.05, 0.1) is 22.6 Å². The average Bonchev–Trinajstić information content (AvgIpc) is 2.97. The molecule has 0 aliphatic heterocycles. The molecule has 21 heavy (non-hydrogen) atoms. The Bertz CT molecular complexity index is 694. The van der Waals surface area contributed by atoms with Gasteiger partial charge in [0.15, 0.2) is 0 Å². The normalized spacial score (nSPS) is 11.4. The highest BCUT2D eigenvalue weighted by Crippen LogP contribution is 2.12. The lowest BCUT2D eigenvalue weighted by Gasteiger charge is -2.06. The number of aliphatic carboxylic acids is 1. The van der Waals surface area contributed by atoms with E-state index >= 15 is 0 Å². The third kappa shape index (κ3) is 4.62. The second-order valence-electron chi connectivity index (χ2n) is 4.34. The van der Waals surface area contributed by atoms with Gasteiger partial charge in [0, 0.05) is 11.8 Å². The minimum atomic E-state index is -3.59. The third-order valence-electron chi connectivity index (χ3n) is 2.79. The second-order valence-corrected chi connectivity index (χ2v) is 6.83. The fourth-order valence-electron chi connectivity index (χ4n) is 1.66. The average molecular weight is 326 g/mol. The molecule has 2 rings (SSSR count). The molecule has 0 aliphatic carbocycles. The number of rotatable bonds is 7. The Morgan fingerprint density at radius 2 is 2.00 bits per heavy atom. The van der Waals surface area contributed by atoms with Gasteiger partial charge < -0.3 is 5.11 Å². The molecule has 6 nitrogen and oxygen atoms in total. The number of thiazole rings is 1. The number of aryl methyl sites for hydroxylation is 1. The summed E-state index contributed by atoms with van der Waals surface area (Å²) in [5.41, 5.74) is 3.10. The maximum absolute atomic E-state index is 12.1. The molecule has 0 saturated heterocycles. The molecule has 112 valence electrons. The molecule has 0 atom stereocenters. The van der Waals surface area contributed by atoms with Crippen LogP contribution >= 0.6 is 11.3 Å². The van der Waals surface area contributed by atoms with E-state index in [2.05, 4.69) is 9.71 Å². The molecule has 1 aromatic carbocycles. The summed E-state index contributed by atoms with van der Waals surface area (Å²) in [6.07, 6.45) is 0.399. The first kappa shape index (κ1) is 15.6. The van der Waals surface area contributed by atoms with Crippen LogP contribution in [0, 0.1) is 0 Å². The number of nitrogens with zero attached hydrogens (tertiary/aromatic N) is 1. The van der Waals surface area contributed by atoms with Gasteiger partial charge in [-0.15, -0.1) is 11.3 Å². The molecule has 0 radical (unpaired) electrons. The van der Waals surface area contributed by atoms with E-state index in [4.69, 9.17) is 5.11 Å². The molecule has 0 bridgehead atoms. The highest BCUT2D eigenvalue weighted by Gasteiger charge is 2.14. The van der Waals surface area contributed by atoms with Crippen molar-refractivity contribution in [2.24, 2.45) is 0 Å². The van der Waals surface area contributed by atoms with Crippen LogP contribution in [0.15, 0.2) is 40.1 Å². The van der Waals surface area contributed by atoms with Gasteiger partial charge in [0.25, 0.3) is 0 Å². The Kier molecular flexibility index (Phi) is 5.05. The monoisotopic (exact) mass is 326 g/mol. The van der Waals surface area contributed by atoms with Gasteiger partial charge in [0.2, 0.25) is 10.0 Å². The van der Waals surface area contributed by atoms with Crippen molar-refractivity contribution in [1.82, 2.24) is 9.71 Å². The zero-order valence-corrected chi connectivity index (χ0v) is 12.7. The summed E-state index contributed by atoms with van der Waals surface area (Å²) in [5, 5.41) is 10.4. The quantitative estimate of drug-likeness (QED) is 0.806. The van der Waals surface area contributed by atoms with Crippen LogP contribution in [0.2, 0.25) is 0 Å². The van der Waals surface area contributed by atoms with Gasteiger partial charge >= 0.3 is 5.97 Å². The smallest absolute Gasteiger partial charge is 0.303 e. The van der Waals surface area contributed by atoms with E-state index in [0.29, 0.717) is 12.1 Å². The van der Waals surface area contributed by atoms with Crippen LogP contribution in [-0.4, -0.2) is 24.5 Å². The van der Waals surface area contributed by atoms with Crippen LogP contribution in [-0.2, 0) is 27.8 Å². The topological polar surface area (TPSA) is 96.4 Å². The minimum Gasteiger partial charge on any atom is -0.481 e. The molecular formula is C13H14N2O4S2. The zero-order chi connectivity index (χ0) is 15.3. The predicted molar refractivity (Wildman–Crippen MR) is 78.5 cm³/mol. The largest absolute Gasteiger partial charge is 0.481 e. The summed E-state index contributed by atoms with van der Waals surface area (Å²) >= 11 is 1.40. The van der Waals surface area contributed by atoms with Gasteiger partial charge in [-0.25, -0.2) is 18.1 Å². The number of nitrogens with one attached hydrogen (secondary N) is 1. The van der Waals surface area contributed by atoms with Crippen LogP contribution in [0.4, 0.5) is 0 Å². The summed E-state index contributed by atoms with van der Waals surface area (Å²) in [7, 11) is -3.59. The maximum Gasteiger partial charge on any atom is 0.303 e. The van der Waals surface area contributed by atoms with Crippen molar-refractivity contribution in [3.05, 3.63) is 46.4 Å². The summed E-state index contributed by atoms with van der Waals surface area (Å²) in [6, 6.07) is 6.20. The summed E-state index contributed by atoms with van der Waals surface area (Å²) in [6.45, 7) is 0.145. The predicted octanol–water partition coefficient (Wildman–Crippen LogP) is 1.64. The zero-order valence-electron chi connectivity index (χ0n) is 11.0. The standard InChI is InChI=1S/C13H14N2O4S2/c16-13(17)6-3-10-1-4-12(5-2-10)21(18,19)15-7-11-8-20-9-14-11/h1-2,4-5,8-9,15H,3,6-7H2,(H,16,17). The second kappa shape index (κ2) is 6.79. The van der Waals surface area contributed by atoms with Crippen LogP contribution < -0.4 is 4.72 Å². The van der Waals surface area contributed by atoms with E-state index in [1.165, 1.54) is 23.5 Å². The summed E-state index contributed by atoms with van der Waals surface area (Å²) in [4.78, 5) is 14.6. The highest BCUT2D eigenvalue weighted by atomic mass is 32.2. The van der Waals surface area contributed by atoms with E-state index in [9.17, 15) is 13.2 Å². The van der Waals surface area contributed by atoms with Gasteiger partial charge in [-0.1, -0.05) is 12.1 Å². The first-order valence-corrected chi connectivity index (χ1v) is 8.57. The van der Waals surface area contributed by atoms with Crippen LogP contribution in [0.1, 0.15) is 17.7 Å². The first-order valence-electron chi connectivity index (χ1n) is 6.15. The number of hydrogen-bond acceptors (Lipinski definition) is 5. The Morgan fingerprint density at radius 3 is 2.57 bits per heavy atom. The van der Waals surface area contributed by atoms with Crippen LogP contribution in [0.5, 0.6) is 0 Å². The number of sulfonamides is 1. The lowest BCUT2D eigenvalue weighted by Crippen LogP contribution is -2.23. The molecule has 2 aromatic rings. The highest BCUT2D eigenvalue weighted by molar-refractivity contribution is 7.89. The maximum atomic E-state index is 12.1. The van der Waals surface area contributed by atoms with Crippen molar-refractivity contribution in [2.45, 2.75) is 24.3 Å². The number of benzene rings is 1. The van der Waals surface area contributed by atoms with E-state index in [-0.39, 0.29) is 17.9 Å². The van der Waals surface area contributed by atoms with Crippen molar-refractivity contribution in [1.29, 1.82) is 0 Å². The lowest BCUT2D eigenvalue weighted by molar-refractivity contribution is -0.136. The Balaban J connectivity index is 2.01. The minimum absolute atomic E-state index is 0.0220. The van der Waals surface area contributed by atoms with Crippen molar-refractivity contribution in [3.63, 3.8) is 0 Å². The molecule has 0 amide bonds. The van der Waals surface area contributed by atoms with Crippen molar-refractivity contribution in [2.75, 3.05) is 0 Å². The Labute approximate surface area is 126 Å². The van der Waals surface area contributed by atoms with E-state index in [1.54, 1.807) is 23.0 Å². The Hall–Kier alpha value is -1.77.